The van der Waals surface area contributed by atoms with E-state index in [0.717, 1.165) is 10.8 Å². The highest BCUT2D eigenvalue weighted by Crippen LogP contribution is 2.22. The van der Waals surface area contributed by atoms with E-state index in [0.29, 0.717) is 6.04 Å². The molecule has 0 radical (unpaired) electrons. The summed E-state index contributed by atoms with van der Waals surface area (Å²) in [6, 6.07) is 4.63. The number of anilines is 1. The van der Waals surface area contributed by atoms with Crippen molar-refractivity contribution in [3.05, 3.63) is 12.1 Å². The Morgan fingerprint density at radius 1 is 1.38 bits per heavy atom. The first kappa shape index (κ1) is 8.81. The van der Waals surface area contributed by atoms with Crippen molar-refractivity contribution in [3.63, 3.8) is 0 Å². The summed E-state index contributed by atoms with van der Waals surface area (Å²) in [7, 11) is 0. The normalized spacial score (nSPS) is 16.7. The minimum absolute atomic E-state index is 0.634. The molecule has 4 heteroatoms. The van der Waals surface area contributed by atoms with Crippen LogP contribution in [0, 0.1) is 0 Å². The molecule has 70 valence electrons. The van der Waals surface area contributed by atoms with Crippen LogP contribution < -0.4 is 5.32 Å². The number of thioether (sulfide) groups is 1. The quantitative estimate of drug-likeness (QED) is 0.750. The fourth-order valence-corrected chi connectivity index (χ4v) is 1.59. The Kier molecular flexibility index (Phi) is 2.68. The van der Waals surface area contributed by atoms with Crippen LogP contribution in [0.1, 0.15) is 19.3 Å². The third-order valence-corrected chi connectivity index (χ3v) is 2.94. The molecule has 0 bridgehead atoms. The molecule has 13 heavy (non-hydrogen) atoms. The minimum Gasteiger partial charge on any atom is -0.366 e. The van der Waals surface area contributed by atoms with E-state index in [4.69, 9.17) is 0 Å². The summed E-state index contributed by atoms with van der Waals surface area (Å²) in [4.78, 5) is 0. The van der Waals surface area contributed by atoms with Crippen molar-refractivity contribution in [2.45, 2.75) is 30.3 Å². The predicted octanol–water partition coefficient (Wildman–Crippen LogP) is 2.16. The van der Waals surface area contributed by atoms with Gasteiger partial charge in [0.05, 0.1) is 0 Å². The van der Waals surface area contributed by atoms with Crippen LogP contribution in [0.3, 0.4) is 0 Å². The van der Waals surface area contributed by atoms with E-state index >= 15 is 0 Å². The molecule has 1 N–H and O–H groups in total. The second kappa shape index (κ2) is 3.96. The SMILES string of the molecule is CSc1ccc(NC2CCC2)nn1. The Bertz CT molecular complexity index is 269. The van der Waals surface area contributed by atoms with E-state index in [9.17, 15) is 0 Å². The van der Waals surface area contributed by atoms with Crippen LogP contribution >= 0.6 is 11.8 Å². The van der Waals surface area contributed by atoms with E-state index in [1.807, 2.05) is 18.4 Å². The highest BCUT2D eigenvalue weighted by atomic mass is 32.2. The Morgan fingerprint density at radius 2 is 2.23 bits per heavy atom. The van der Waals surface area contributed by atoms with Crippen LogP contribution in [-0.2, 0) is 0 Å². The molecule has 3 nitrogen and oxygen atoms in total. The summed E-state index contributed by atoms with van der Waals surface area (Å²) in [6.45, 7) is 0. The first-order chi connectivity index (χ1) is 6.38. The molecule has 1 fully saturated rings. The van der Waals surface area contributed by atoms with Crippen molar-refractivity contribution in [1.29, 1.82) is 0 Å². The maximum Gasteiger partial charge on any atom is 0.148 e. The number of nitrogens with one attached hydrogen (secondary N) is 1. The van der Waals surface area contributed by atoms with Gasteiger partial charge >= 0.3 is 0 Å². The second-order valence-electron chi connectivity index (χ2n) is 3.23. The molecule has 0 spiro atoms. The fraction of sp³-hybridized carbons (Fsp3) is 0.556. The van der Waals surface area contributed by atoms with Crippen molar-refractivity contribution in [2.75, 3.05) is 11.6 Å². The van der Waals surface area contributed by atoms with Gasteiger partial charge in [-0.05, 0) is 37.7 Å². The third-order valence-electron chi connectivity index (χ3n) is 2.31. The monoisotopic (exact) mass is 195 g/mol. The average molecular weight is 195 g/mol. The minimum atomic E-state index is 0.634. The molecule has 1 aromatic rings. The highest BCUT2D eigenvalue weighted by molar-refractivity contribution is 7.98. The summed E-state index contributed by atoms with van der Waals surface area (Å²) < 4.78 is 0. The first-order valence-electron chi connectivity index (χ1n) is 4.53. The highest BCUT2D eigenvalue weighted by Gasteiger charge is 2.17. The smallest absolute Gasteiger partial charge is 0.148 e. The Balaban J connectivity index is 1.96. The van der Waals surface area contributed by atoms with Gasteiger partial charge in [-0.15, -0.1) is 22.0 Å². The molecule has 1 saturated carbocycles. The van der Waals surface area contributed by atoms with Crippen LogP contribution in [0.4, 0.5) is 5.82 Å². The van der Waals surface area contributed by atoms with Crippen LogP contribution in [0.25, 0.3) is 0 Å². The van der Waals surface area contributed by atoms with E-state index in [-0.39, 0.29) is 0 Å². The molecule has 1 heterocycles. The van der Waals surface area contributed by atoms with Gasteiger partial charge in [-0.25, -0.2) is 0 Å². The zero-order chi connectivity index (χ0) is 9.10. The average Bonchev–Trinajstić information content (AvgIpc) is 2.12. The van der Waals surface area contributed by atoms with Gasteiger partial charge in [0.1, 0.15) is 10.8 Å². The zero-order valence-electron chi connectivity index (χ0n) is 7.66. The molecular weight excluding hydrogens is 182 g/mol. The van der Waals surface area contributed by atoms with Gasteiger partial charge in [0.25, 0.3) is 0 Å². The Hall–Kier alpha value is -0.770. The summed E-state index contributed by atoms with van der Waals surface area (Å²) in [5.74, 6) is 0.905. The van der Waals surface area contributed by atoms with Crippen molar-refractivity contribution >= 4 is 17.6 Å². The molecule has 0 aliphatic heterocycles. The number of aromatic nitrogens is 2. The standard InChI is InChI=1S/C9H13N3S/c1-13-9-6-5-8(11-12-9)10-7-3-2-4-7/h5-7H,2-4H2,1H3,(H,10,11). The zero-order valence-corrected chi connectivity index (χ0v) is 8.47. The molecule has 0 amide bonds. The molecule has 0 saturated heterocycles. The van der Waals surface area contributed by atoms with Crippen LogP contribution in [0.15, 0.2) is 17.2 Å². The van der Waals surface area contributed by atoms with Gasteiger partial charge in [0, 0.05) is 6.04 Å². The lowest BCUT2D eigenvalue weighted by atomic mass is 9.93. The van der Waals surface area contributed by atoms with Crippen molar-refractivity contribution in [1.82, 2.24) is 10.2 Å². The summed E-state index contributed by atoms with van der Waals surface area (Å²) in [5, 5.41) is 12.5. The van der Waals surface area contributed by atoms with Gasteiger partial charge in [-0.1, -0.05) is 0 Å². The molecule has 0 atom stereocenters. The fourth-order valence-electron chi connectivity index (χ4n) is 1.27. The number of rotatable bonds is 3. The van der Waals surface area contributed by atoms with Crippen molar-refractivity contribution in [3.8, 4) is 0 Å². The summed E-state index contributed by atoms with van der Waals surface area (Å²) in [5.41, 5.74) is 0. The lowest BCUT2D eigenvalue weighted by molar-refractivity contribution is 0.444. The molecule has 1 aromatic heterocycles. The number of nitrogens with zero attached hydrogens (tertiary/aromatic N) is 2. The number of hydrogen-bond donors (Lipinski definition) is 1. The largest absolute Gasteiger partial charge is 0.366 e. The van der Waals surface area contributed by atoms with Gasteiger partial charge < -0.3 is 5.32 Å². The van der Waals surface area contributed by atoms with E-state index < -0.39 is 0 Å². The van der Waals surface area contributed by atoms with Crippen LogP contribution in [-0.4, -0.2) is 22.5 Å². The lowest BCUT2D eigenvalue weighted by Crippen LogP contribution is -2.27. The van der Waals surface area contributed by atoms with Crippen LogP contribution in [0.5, 0.6) is 0 Å². The maximum absolute atomic E-state index is 4.09. The van der Waals surface area contributed by atoms with Crippen molar-refractivity contribution in [2.24, 2.45) is 0 Å². The Morgan fingerprint density at radius 3 is 2.69 bits per heavy atom. The van der Waals surface area contributed by atoms with Crippen molar-refractivity contribution < 1.29 is 0 Å². The van der Waals surface area contributed by atoms with E-state index in [2.05, 4.69) is 15.5 Å². The predicted molar refractivity (Wildman–Crippen MR) is 55.1 cm³/mol. The van der Waals surface area contributed by atoms with E-state index in [1.165, 1.54) is 19.3 Å². The van der Waals surface area contributed by atoms with Crippen LogP contribution in [0.2, 0.25) is 0 Å². The molecule has 1 aliphatic rings. The molecule has 1 aliphatic carbocycles. The molecule has 0 aromatic carbocycles. The third kappa shape index (κ3) is 2.12. The van der Waals surface area contributed by atoms with Gasteiger partial charge in [0.15, 0.2) is 0 Å². The Labute approximate surface area is 82.3 Å². The van der Waals surface area contributed by atoms with Gasteiger partial charge in [-0.3, -0.25) is 0 Å². The van der Waals surface area contributed by atoms with E-state index in [1.54, 1.807) is 11.8 Å². The second-order valence-corrected chi connectivity index (χ2v) is 4.06. The first-order valence-corrected chi connectivity index (χ1v) is 5.75. The lowest BCUT2D eigenvalue weighted by Gasteiger charge is -2.26. The topological polar surface area (TPSA) is 37.8 Å². The maximum atomic E-state index is 4.09. The molecule has 2 rings (SSSR count). The summed E-state index contributed by atoms with van der Waals surface area (Å²) >= 11 is 1.61. The van der Waals surface area contributed by atoms with Gasteiger partial charge in [-0.2, -0.15) is 0 Å². The number of hydrogen-bond acceptors (Lipinski definition) is 4. The van der Waals surface area contributed by atoms with Gasteiger partial charge in [0.2, 0.25) is 0 Å². The molecular formula is C9H13N3S. The summed E-state index contributed by atoms with van der Waals surface area (Å²) in [6.07, 6.45) is 5.88. The molecule has 0 unspecified atom stereocenters.